The van der Waals surface area contributed by atoms with E-state index < -0.39 is 29.9 Å². The number of nitrogens with one attached hydrogen (secondary N) is 1. The average molecular weight is 500 g/mol. The van der Waals surface area contributed by atoms with Gasteiger partial charge in [-0.3, -0.25) is 24.3 Å². The number of nitrogens with zero attached hydrogens (tertiary/aromatic N) is 1. The van der Waals surface area contributed by atoms with Crippen molar-refractivity contribution in [1.29, 1.82) is 0 Å². The Morgan fingerprint density at radius 3 is 2.31 bits per heavy atom. The fourth-order valence-corrected chi connectivity index (χ4v) is 3.93. The highest BCUT2D eigenvalue weighted by Crippen LogP contribution is 2.31. The molecule has 0 bridgehead atoms. The van der Waals surface area contributed by atoms with Gasteiger partial charge in [-0.2, -0.15) is 0 Å². The molecule has 0 radical (unpaired) electrons. The summed E-state index contributed by atoms with van der Waals surface area (Å²) in [6.07, 6.45) is -1.43. The van der Waals surface area contributed by atoms with Crippen LogP contribution in [0, 0.1) is 12.8 Å². The van der Waals surface area contributed by atoms with Gasteiger partial charge in [0.1, 0.15) is 5.75 Å². The average Bonchev–Trinajstić information content (AvgIpc) is 3.07. The predicted molar refractivity (Wildman–Crippen MR) is 131 cm³/mol. The number of fused-ring (bicyclic) bond motifs is 1. The van der Waals surface area contributed by atoms with Crippen molar-refractivity contribution < 1.29 is 28.7 Å². The second-order valence-electron chi connectivity index (χ2n) is 8.28. The molecule has 10 heteroatoms. The molecule has 0 aliphatic carbocycles. The zero-order chi connectivity index (χ0) is 25.9. The summed E-state index contributed by atoms with van der Waals surface area (Å²) in [7, 11) is 1.52. The quantitative estimate of drug-likeness (QED) is 0.478. The maximum absolute atomic E-state index is 13.4. The highest BCUT2D eigenvalue weighted by molar-refractivity contribution is 6.30. The summed E-state index contributed by atoms with van der Waals surface area (Å²) in [5.41, 5.74) is 7.10. The molecule has 35 heavy (non-hydrogen) atoms. The van der Waals surface area contributed by atoms with Crippen molar-refractivity contribution in [3.05, 3.63) is 64.3 Å². The topological polar surface area (TPSA) is 130 Å². The van der Waals surface area contributed by atoms with E-state index in [2.05, 4.69) is 0 Å². The number of aromatic nitrogens is 1. The number of carbonyl (C=O) groups is 4. The summed E-state index contributed by atoms with van der Waals surface area (Å²) in [5.74, 6) is -1.67. The Balaban J connectivity index is 2.01. The van der Waals surface area contributed by atoms with Crippen LogP contribution in [0.5, 0.6) is 5.75 Å². The van der Waals surface area contributed by atoms with Crippen LogP contribution < -0.4 is 15.8 Å². The number of nitrogens with two attached hydrogens (primary N) is 1. The normalized spacial score (nSPS) is 11.8. The van der Waals surface area contributed by atoms with Gasteiger partial charge in [0.15, 0.2) is 6.10 Å². The van der Waals surface area contributed by atoms with Crippen LogP contribution in [0.1, 0.15) is 35.5 Å². The minimum atomic E-state index is -1.21. The molecule has 0 aliphatic heterocycles. The second kappa shape index (κ2) is 10.6. The number of hydrogen-bond acceptors (Lipinski definition) is 6. The van der Waals surface area contributed by atoms with Gasteiger partial charge in [0.05, 0.1) is 19.0 Å². The first-order chi connectivity index (χ1) is 16.5. The largest absolute Gasteiger partial charge is 0.497 e. The van der Waals surface area contributed by atoms with Crippen LogP contribution in [0.3, 0.4) is 0 Å². The highest BCUT2D eigenvalue weighted by Gasteiger charge is 2.29. The van der Waals surface area contributed by atoms with Gasteiger partial charge >= 0.3 is 12.0 Å². The van der Waals surface area contributed by atoms with Gasteiger partial charge in [-0.05, 0) is 60.9 Å². The number of ether oxygens (including phenoxy) is 2. The van der Waals surface area contributed by atoms with Crippen LogP contribution in [0.2, 0.25) is 5.02 Å². The second-order valence-corrected chi connectivity index (χ2v) is 8.72. The molecule has 2 aromatic carbocycles. The van der Waals surface area contributed by atoms with Crippen LogP contribution in [0.15, 0.2) is 42.5 Å². The smallest absolute Gasteiger partial charge is 0.318 e. The van der Waals surface area contributed by atoms with Crippen LogP contribution in [-0.2, 0) is 20.7 Å². The molecule has 0 aliphatic rings. The maximum atomic E-state index is 13.4. The fourth-order valence-electron chi connectivity index (χ4n) is 3.81. The van der Waals surface area contributed by atoms with E-state index in [1.807, 2.05) is 5.32 Å². The number of benzene rings is 2. The summed E-state index contributed by atoms with van der Waals surface area (Å²) in [4.78, 5) is 49.6. The van der Waals surface area contributed by atoms with E-state index in [4.69, 9.17) is 26.8 Å². The lowest BCUT2D eigenvalue weighted by molar-refractivity contribution is -0.157. The Morgan fingerprint density at radius 2 is 1.74 bits per heavy atom. The van der Waals surface area contributed by atoms with Gasteiger partial charge in [0.25, 0.3) is 11.8 Å². The third-order valence-corrected chi connectivity index (χ3v) is 5.78. The number of halogens is 1. The molecule has 0 fully saturated rings. The van der Waals surface area contributed by atoms with Gasteiger partial charge in [-0.1, -0.05) is 25.4 Å². The minimum absolute atomic E-state index is 0.219. The molecule has 1 aromatic heterocycles. The van der Waals surface area contributed by atoms with E-state index >= 15 is 0 Å². The van der Waals surface area contributed by atoms with Crippen molar-refractivity contribution in [2.45, 2.75) is 33.3 Å². The zero-order valence-corrected chi connectivity index (χ0v) is 20.5. The van der Waals surface area contributed by atoms with E-state index in [1.54, 1.807) is 63.2 Å². The molecule has 3 N–H and O–H groups in total. The molecule has 3 aromatic rings. The zero-order valence-electron chi connectivity index (χ0n) is 19.8. The number of urea groups is 1. The molecule has 1 unspecified atom stereocenters. The molecule has 3 rings (SSSR count). The van der Waals surface area contributed by atoms with Gasteiger partial charge in [0.2, 0.25) is 0 Å². The highest BCUT2D eigenvalue weighted by atomic mass is 35.5. The van der Waals surface area contributed by atoms with Gasteiger partial charge in [-0.15, -0.1) is 0 Å². The molecule has 1 heterocycles. The Morgan fingerprint density at radius 1 is 1.09 bits per heavy atom. The fraction of sp³-hybridized carbons (Fsp3) is 0.280. The summed E-state index contributed by atoms with van der Waals surface area (Å²) >= 11 is 5.96. The molecule has 0 spiro atoms. The van der Waals surface area contributed by atoms with E-state index in [9.17, 15) is 19.2 Å². The first-order valence-corrected chi connectivity index (χ1v) is 11.2. The van der Waals surface area contributed by atoms with Crippen molar-refractivity contribution in [1.82, 2.24) is 9.88 Å². The summed E-state index contributed by atoms with van der Waals surface area (Å²) in [6, 6.07) is 10.6. The van der Waals surface area contributed by atoms with Crippen LogP contribution in [0.25, 0.3) is 10.9 Å². The summed E-state index contributed by atoms with van der Waals surface area (Å²) < 4.78 is 12.3. The van der Waals surface area contributed by atoms with Gasteiger partial charge in [-0.25, -0.2) is 4.79 Å². The van der Waals surface area contributed by atoms with Crippen LogP contribution in [0.4, 0.5) is 4.79 Å². The molecule has 0 saturated carbocycles. The number of imide groups is 1. The van der Waals surface area contributed by atoms with E-state index in [0.717, 1.165) is 0 Å². The standard InChI is InChI=1S/C25H26ClN3O6/c1-13(2)22(23(31)28-25(27)33)35-21(30)12-18-14(3)29(20-10-9-17(34-4)11-19(18)20)24(32)15-5-7-16(26)8-6-15/h5-11,13,22H,12H2,1-4H3,(H3,27,28,31,33). The molecular formula is C25H26ClN3O6. The molecule has 184 valence electrons. The van der Waals surface area contributed by atoms with Crippen molar-refractivity contribution in [3.8, 4) is 5.75 Å². The van der Waals surface area contributed by atoms with E-state index in [0.29, 0.717) is 38.5 Å². The third-order valence-electron chi connectivity index (χ3n) is 5.53. The first-order valence-electron chi connectivity index (χ1n) is 10.8. The SMILES string of the molecule is COc1ccc2c(c1)c(CC(=O)OC(C(=O)NC(N)=O)C(C)C)c(C)n2C(=O)c1ccc(Cl)cc1. The molecule has 9 nitrogen and oxygen atoms in total. The minimum Gasteiger partial charge on any atom is -0.497 e. The number of rotatable bonds is 7. The Bertz CT molecular complexity index is 1300. The lowest BCUT2D eigenvalue weighted by Crippen LogP contribution is -2.45. The van der Waals surface area contributed by atoms with Crippen molar-refractivity contribution >= 4 is 46.3 Å². The van der Waals surface area contributed by atoms with Crippen molar-refractivity contribution in [3.63, 3.8) is 0 Å². The number of esters is 1. The van der Waals surface area contributed by atoms with E-state index in [-0.39, 0.29) is 12.3 Å². The Labute approximate surface area is 207 Å². The summed E-state index contributed by atoms with van der Waals surface area (Å²) in [5, 5.41) is 3.07. The molecular weight excluding hydrogens is 474 g/mol. The monoisotopic (exact) mass is 499 g/mol. The Hall–Kier alpha value is -3.85. The van der Waals surface area contributed by atoms with Crippen LogP contribution in [-0.4, -0.2) is 41.6 Å². The number of carbonyl (C=O) groups excluding carboxylic acids is 4. The molecule has 3 amide bonds. The maximum Gasteiger partial charge on any atom is 0.318 e. The van der Waals surface area contributed by atoms with Gasteiger partial charge in [0, 0.05) is 21.7 Å². The number of methoxy groups -OCH3 is 1. The lowest BCUT2D eigenvalue weighted by Gasteiger charge is -2.20. The number of hydrogen-bond donors (Lipinski definition) is 2. The molecule has 0 saturated heterocycles. The first kappa shape index (κ1) is 25.8. The molecule has 1 atom stereocenters. The van der Waals surface area contributed by atoms with Crippen LogP contribution >= 0.6 is 11.6 Å². The number of primary amides is 1. The van der Waals surface area contributed by atoms with Crippen molar-refractivity contribution in [2.75, 3.05) is 7.11 Å². The Kier molecular flexibility index (Phi) is 7.81. The summed E-state index contributed by atoms with van der Waals surface area (Å²) in [6.45, 7) is 5.07. The third kappa shape index (κ3) is 5.63. The number of amides is 3. The lowest BCUT2D eigenvalue weighted by atomic mass is 10.1. The predicted octanol–water partition coefficient (Wildman–Crippen LogP) is 3.61. The van der Waals surface area contributed by atoms with E-state index in [1.165, 1.54) is 11.7 Å². The van der Waals surface area contributed by atoms with Gasteiger partial charge < -0.3 is 15.2 Å². The van der Waals surface area contributed by atoms with Crippen molar-refractivity contribution in [2.24, 2.45) is 11.7 Å².